The van der Waals surface area contributed by atoms with Crippen molar-refractivity contribution in [3.05, 3.63) is 5.82 Å². The van der Waals surface area contributed by atoms with Crippen molar-refractivity contribution in [2.24, 2.45) is 0 Å². The second kappa shape index (κ2) is 3.69. The zero-order chi connectivity index (χ0) is 10.1. The molecule has 1 heterocycles. The number of anilines is 2. The van der Waals surface area contributed by atoms with Gasteiger partial charge in [0.2, 0.25) is 15.7 Å². The Hall–Kier alpha value is -0.520. The summed E-state index contributed by atoms with van der Waals surface area (Å²) in [4.78, 5) is 11.2. The minimum atomic E-state index is -1.69. The Labute approximate surface area is 89.6 Å². The van der Waals surface area contributed by atoms with Gasteiger partial charge >= 0.3 is 0 Å². The maximum Gasteiger partial charge on any atom is 0.250 e. The maximum atomic E-state index is 5.55. The first-order valence-electron chi connectivity index (χ1n) is 3.20. The minimum Gasteiger partial charge on any atom is -0.368 e. The fraction of sp³-hybridized carbons (Fsp3) is 0.400. The molecule has 0 radical (unpaired) electrons. The fourth-order valence-corrected chi connectivity index (χ4v) is 0.884. The first-order chi connectivity index (χ1) is 5.93. The lowest BCUT2D eigenvalue weighted by molar-refractivity contribution is 0.932. The summed E-state index contributed by atoms with van der Waals surface area (Å²) in [5, 5.41) is 2.66. The standard InChI is InChI=1S/C5H6Cl3N5/c1-10-4-12-2(5(6,7)8)11-3(9)13-4/h1H3,(H3,9,10,11,12,13). The molecule has 1 aromatic rings. The van der Waals surface area contributed by atoms with Gasteiger partial charge in [0.15, 0.2) is 5.82 Å². The number of nitrogen functional groups attached to an aromatic ring is 1. The Morgan fingerprint density at radius 3 is 2.31 bits per heavy atom. The summed E-state index contributed by atoms with van der Waals surface area (Å²) in [7, 11) is 1.62. The number of nitrogens with two attached hydrogens (primary N) is 1. The van der Waals surface area contributed by atoms with Crippen LogP contribution in [0.3, 0.4) is 0 Å². The van der Waals surface area contributed by atoms with Crippen molar-refractivity contribution in [1.82, 2.24) is 15.0 Å². The number of rotatable bonds is 1. The molecule has 0 saturated carbocycles. The van der Waals surface area contributed by atoms with Gasteiger partial charge in [0.25, 0.3) is 0 Å². The average Bonchev–Trinajstić information content (AvgIpc) is 2.01. The molecule has 0 spiro atoms. The Morgan fingerprint density at radius 1 is 1.23 bits per heavy atom. The molecule has 72 valence electrons. The second-order valence-corrected chi connectivity index (χ2v) is 4.37. The number of aromatic nitrogens is 3. The largest absolute Gasteiger partial charge is 0.368 e. The lowest BCUT2D eigenvalue weighted by atomic mass is 10.6. The Kier molecular flexibility index (Phi) is 3.00. The first kappa shape index (κ1) is 10.6. The van der Waals surface area contributed by atoms with Crippen LogP contribution >= 0.6 is 34.8 Å². The van der Waals surface area contributed by atoms with Gasteiger partial charge in [-0.05, 0) is 0 Å². The van der Waals surface area contributed by atoms with Crippen LogP contribution in [0.2, 0.25) is 0 Å². The highest BCUT2D eigenvalue weighted by molar-refractivity contribution is 6.66. The number of hydrogen-bond donors (Lipinski definition) is 2. The molecule has 5 nitrogen and oxygen atoms in total. The maximum absolute atomic E-state index is 5.55. The Morgan fingerprint density at radius 2 is 1.85 bits per heavy atom. The number of alkyl halides is 3. The predicted octanol–water partition coefficient (Wildman–Crippen LogP) is 1.32. The highest BCUT2D eigenvalue weighted by Gasteiger charge is 2.27. The highest BCUT2D eigenvalue weighted by Crippen LogP contribution is 2.36. The van der Waals surface area contributed by atoms with Crippen molar-refractivity contribution in [2.45, 2.75) is 3.79 Å². The molecule has 0 aromatic carbocycles. The third-order valence-electron chi connectivity index (χ3n) is 1.13. The van der Waals surface area contributed by atoms with E-state index < -0.39 is 3.79 Å². The van der Waals surface area contributed by atoms with E-state index in [-0.39, 0.29) is 17.7 Å². The first-order valence-corrected chi connectivity index (χ1v) is 4.33. The van der Waals surface area contributed by atoms with Crippen LogP contribution in [-0.4, -0.2) is 22.0 Å². The molecule has 1 aromatic heterocycles. The number of hydrogen-bond acceptors (Lipinski definition) is 5. The molecule has 0 unspecified atom stereocenters. The van der Waals surface area contributed by atoms with Crippen molar-refractivity contribution >= 4 is 46.7 Å². The zero-order valence-electron chi connectivity index (χ0n) is 6.55. The summed E-state index contributed by atoms with van der Waals surface area (Å²) >= 11 is 16.7. The molecule has 0 aliphatic rings. The minimum absolute atomic E-state index is 0.000625. The third-order valence-corrected chi connectivity index (χ3v) is 1.64. The summed E-state index contributed by atoms with van der Waals surface area (Å²) in [5.74, 6) is 0.254. The van der Waals surface area contributed by atoms with E-state index in [4.69, 9.17) is 40.5 Å². The zero-order valence-corrected chi connectivity index (χ0v) is 8.82. The van der Waals surface area contributed by atoms with E-state index in [0.717, 1.165) is 0 Å². The molecule has 0 saturated heterocycles. The van der Waals surface area contributed by atoms with Crippen LogP contribution < -0.4 is 11.1 Å². The molecule has 8 heteroatoms. The van der Waals surface area contributed by atoms with E-state index in [2.05, 4.69) is 20.3 Å². The summed E-state index contributed by atoms with van der Waals surface area (Å²) in [6, 6.07) is 0. The van der Waals surface area contributed by atoms with Gasteiger partial charge in [-0.1, -0.05) is 34.8 Å². The molecule has 0 bridgehead atoms. The van der Waals surface area contributed by atoms with Crippen LogP contribution in [0.25, 0.3) is 0 Å². The van der Waals surface area contributed by atoms with Crippen molar-refractivity contribution in [1.29, 1.82) is 0 Å². The van der Waals surface area contributed by atoms with Crippen LogP contribution in [0.1, 0.15) is 5.82 Å². The molecule has 0 amide bonds. The summed E-state index contributed by atoms with van der Waals surface area (Å²) in [5.41, 5.74) is 5.35. The third kappa shape index (κ3) is 2.72. The highest BCUT2D eigenvalue weighted by atomic mass is 35.6. The molecule has 3 N–H and O–H groups in total. The van der Waals surface area contributed by atoms with Gasteiger partial charge in [-0.2, -0.15) is 15.0 Å². The van der Waals surface area contributed by atoms with Crippen LogP contribution in [-0.2, 0) is 3.79 Å². The molecular weight excluding hydrogens is 236 g/mol. The Bertz CT molecular complexity index is 310. The topological polar surface area (TPSA) is 76.7 Å². The summed E-state index contributed by atoms with van der Waals surface area (Å²) in [6.07, 6.45) is 0. The lowest BCUT2D eigenvalue weighted by Gasteiger charge is -2.09. The van der Waals surface area contributed by atoms with E-state index in [0.29, 0.717) is 0 Å². The predicted molar refractivity (Wildman–Crippen MR) is 53.0 cm³/mol. The number of halogens is 3. The average molecular weight is 242 g/mol. The molecular formula is C5H6Cl3N5. The van der Waals surface area contributed by atoms with Gasteiger partial charge in [0.05, 0.1) is 0 Å². The van der Waals surface area contributed by atoms with E-state index in [1.165, 1.54) is 0 Å². The molecule has 1 rings (SSSR count). The second-order valence-electron chi connectivity index (χ2n) is 2.09. The quantitative estimate of drug-likeness (QED) is 0.727. The summed E-state index contributed by atoms with van der Waals surface area (Å²) in [6.45, 7) is 0. The smallest absolute Gasteiger partial charge is 0.250 e. The van der Waals surface area contributed by atoms with E-state index in [9.17, 15) is 0 Å². The van der Waals surface area contributed by atoms with Crippen molar-refractivity contribution in [3.8, 4) is 0 Å². The fourth-order valence-electron chi connectivity index (χ4n) is 0.631. The van der Waals surface area contributed by atoms with Crippen LogP contribution in [0.4, 0.5) is 11.9 Å². The van der Waals surface area contributed by atoms with Crippen molar-refractivity contribution < 1.29 is 0 Å². The van der Waals surface area contributed by atoms with Crippen molar-refractivity contribution in [3.63, 3.8) is 0 Å². The van der Waals surface area contributed by atoms with Gasteiger partial charge in [-0.3, -0.25) is 0 Å². The monoisotopic (exact) mass is 241 g/mol. The molecule has 0 aliphatic carbocycles. The molecule has 0 atom stereocenters. The van der Waals surface area contributed by atoms with Crippen LogP contribution in [0.15, 0.2) is 0 Å². The molecule has 0 aliphatic heterocycles. The van der Waals surface area contributed by atoms with Gasteiger partial charge in [-0.25, -0.2) is 0 Å². The summed E-state index contributed by atoms with van der Waals surface area (Å²) < 4.78 is -1.69. The molecule has 0 fully saturated rings. The van der Waals surface area contributed by atoms with Gasteiger partial charge in [0, 0.05) is 7.05 Å². The van der Waals surface area contributed by atoms with Crippen LogP contribution in [0.5, 0.6) is 0 Å². The Balaban J connectivity index is 3.16. The van der Waals surface area contributed by atoms with Gasteiger partial charge in [0.1, 0.15) is 0 Å². The number of nitrogens with zero attached hydrogens (tertiary/aromatic N) is 3. The van der Waals surface area contributed by atoms with Crippen LogP contribution in [0, 0.1) is 0 Å². The van der Waals surface area contributed by atoms with E-state index in [1.54, 1.807) is 7.05 Å². The van der Waals surface area contributed by atoms with E-state index >= 15 is 0 Å². The van der Waals surface area contributed by atoms with Gasteiger partial charge in [-0.15, -0.1) is 0 Å². The number of nitrogens with one attached hydrogen (secondary N) is 1. The van der Waals surface area contributed by atoms with Crippen molar-refractivity contribution in [2.75, 3.05) is 18.1 Å². The van der Waals surface area contributed by atoms with Gasteiger partial charge < -0.3 is 11.1 Å². The lowest BCUT2D eigenvalue weighted by Crippen LogP contribution is -2.12. The van der Waals surface area contributed by atoms with E-state index in [1.807, 2.05) is 0 Å². The normalized spacial score (nSPS) is 11.4. The molecule has 13 heavy (non-hydrogen) atoms. The SMILES string of the molecule is CNc1nc(N)nc(C(Cl)(Cl)Cl)n1.